The van der Waals surface area contributed by atoms with E-state index in [1.54, 1.807) is 13.8 Å². The van der Waals surface area contributed by atoms with Gasteiger partial charge in [0.15, 0.2) is 0 Å². The molecule has 4 nitrogen and oxygen atoms in total. The first-order chi connectivity index (χ1) is 9.42. The van der Waals surface area contributed by atoms with E-state index in [0.29, 0.717) is 13.1 Å². The molecule has 1 aliphatic rings. The van der Waals surface area contributed by atoms with Crippen molar-refractivity contribution >= 4 is 18.3 Å². The monoisotopic (exact) mass is 345 g/mol. The smallest absolute Gasteiger partial charge is 0.330 e. The Morgan fingerprint density at radius 3 is 2.36 bits per heavy atom. The van der Waals surface area contributed by atoms with Crippen LogP contribution in [0.2, 0.25) is 0 Å². The maximum Gasteiger partial charge on any atom is 0.406 e. The van der Waals surface area contributed by atoms with Crippen LogP contribution in [0.4, 0.5) is 13.2 Å². The molecule has 1 heterocycles. The van der Waals surface area contributed by atoms with Gasteiger partial charge in [-0.05, 0) is 25.7 Å². The molecule has 0 aromatic heterocycles. The molecule has 0 saturated carbocycles. The van der Waals surface area contributed by atoms with Gasteiger partial charge in [0, 0.05) is 25.2 Å². The van der Waals surface area contributed by atoms with Crippen molar-refractivity contribution in [2.75, 3.05) is 26.2 Å². The highest BCUT2D eigenvalue weighted by atomic mass is 35.5. The van der Waals surface area contributed by atoms with E-state index in [1.807, 2.05) is 18.7 Å². The normalized spacial score (nSPS) is 22.3. The van der Waals surface area contributed by atoms with Crippen LogP contribution in [0.1, 0.15) is 34.1 Å². The van der Waals surface area contributed by atoms with Gasteiger partial charge in [0.1, 0.15) is 6.54 Å². The molecule has 0 spiro atoms. The Morgan fingerprint density at radius 1 is 1.41 bits per heavy atom. The van der Waals surface area contributed by atoms with Crippen molar-refractivity contribution in [1.29, 1.82) is 0 Å². The summed E-state index contributed by atoms with van der Waals surface area (Å²) in [7, 11) is 0. The second-order valence-corrected chi connectivity index (χ2v) is 6.82. The number of amides is 1. The molecule has 1 unspecified atom stereocenters. The fourth-order valence-electron chi connectivity index (χ4n) is 2.65. The maximum absolute atomic E-state index is 12.6. The van der Waals surface area contributed by atoms with E-state index in [-0.39, 0.29) is 30.4 Å². The Bertz CT molecular complexity index is 375. The van der Waals surface area contributed by atoms with Crippen molar-refractivity contribution in [3.05, 3.63) is 0 Å². The summed E-state index contributed by atoms with van der Waals surface area (Å²) in [5.74, 6) is -0.478. The minimum absolute atomic E-state index is 0. The average molecular weight is 346 g/mol. The van der Waals surface area contributed by atoms with Gasteiger partial charge in [-0.25, -0.2) is 0 Å². The molecule has 1 saturated heterocycles. The van der Waals surface area contributed by atoms with Gasteiger partial charge in [-0.1, -0.05) is 13.8 Å². The quantitative estimate of drug-likeness (QED) is 0.850. The van der Waals surface area contributed by atoms with E-state index in [9.17, 15) is 18.0 Å². The van der Waals surface area contributed by atoms with Crippen LogP contribution < -0.4 is 5.73 Å². The molecule has 2 N–H and O–H groups in total. The molecule has 1 amide bonds. The number of alkyl halides is 3. The number of nitrogens with two attached hydrogens (primary N) is 1. The van der Waals surface area contributed by atoms with Gasteiger partial charge in [-0.2, -0.15) is 13.2 Å². The Hall–Kier alpha value is -0.530. The van der Waals surface area contributed by atoms with E-state index in [0.717, 1.165) is 11.3 Å². The lowest BCUT2D eigenvalue weighted by Crippen LogP contribution is -2.55. The first-order valence-corrected chi connectivity index (χ1v) is 7.26. The van der Waals surface area contributed by atoms with Crippen molar-refractivity contribution in [2.24, 2.45) is 11.1 Å². The van der Waals surface area contributed by atoms with E-state index in [1.165, 1.54) is 0 Å². The molecule has 0 aromatic rings. The summed E-state index contributed by atoms with van der Waals surface area (Å²) in [6.45, 7) is 7.32. The molecule has 1 rings (SSSR count). The minimum Gasteiger partial charge on any atom is -0.330 e. The number of hydrogen-bond acceptors (Lipinski definition) is 3. The predicted octanol–water partition coefficient (Wildman–Crippen LogP) is 2.27. The lowest BCUT2D eigenvalue weighted by Gasteiger charge is -2.43. The van der Waals surface area contributed by atoms with E-state index in [4.69, 9.17) is 5.73 Å². The number of hydrogen-bond donors (Lipinski definition) is 1. The molecular formula is C14H27ClF3N3O. The van der Waals surface area contributed by atoms with Crippen LogP contribution in [0, 0.1) is 5.41 Å². The van der Waals surface area contributed by atoms with Crippen molar-refractivity contribution in [3.8, 4) is 0 Å². The van der Waals surface area contributed by atoms with E-state index in [2.05, 4.69) is 0 Å². The molecule has 1 atom stereocenters. The maximum atomic E-state index is 12.6. The number of piperidine rings is 1. The number of nitrogens with zero attached hydrogens (tertiary/aromatic N) is 2. The highest BCUT2D eigenvalue weighted by Gasteiger charge is 2.37. The molecule has 0 radical (unpaired) electrons. The van der Waals surface area contributed by atoms with Crippen LogP contribution in [-0.4, -0.2) is 60.1 Å². The lowest BCUT2D eigenvalue weighted by atomic mass is 9.80. The van der Waals surface area contributed by atoms with Crippen molar-refractivity contribution in [2.45, 2.75) is 52.4 Å². The van der Waals surface area contributed by atoms with Crippen LogP contribution in [0.5, 0.6) is 0 Å². The summed E-state index contributed by atoms with van der Waals surface area (Å²) in [6.07, 6.45) is -3.62. The van der Waals surface area contributed by atoms with Gasteiger partial charge < -0.3 is 10.6 Å². The predicted molar refractivity (Wildman–Crippen MR) is 83.0 cm³/mol. The summed E-state index contributed by atoms with van der Waals surface area (Å²) in [5, 5.41) is 0. The fraction of sp³-hybridized carbons (Fsp3) is 0.929. The number of carbonyl (C=O) groups excluding carboxylic acids is 1. The third kappa shape index (κ3) is 6.30. The van der Waals surface area contributed by atoms with Gasteiger partial charge in [0.25, 0.3) is 0 Å². The first-order valence-electron chi connectivity index (χ1n) is 7.26. The molecule has 0 aliphatic carbocycles. The van der Waals surface area contributed by atoms with Crippen molar-refractivity contribution < 1.29 is 18.0 Å². The van der Waals surface area contributed by atoms with Crippen molar-refractivity contribution in [3.63, 3.8) is 0 Å². The highest BCUT2D eigenvalue weighted by molar-refractivity contribution is 5.85. The molecule has 0 bridgehead atoms. The zero-order valence-electron chi connectivity index (χ0n) is 13.6. The van der Waals surface area contributed by atoms with E-state index >= 15 is 0 Å². The lowest BCUT2D eigenvalue weighted by molar-refractivity contribution is -0.165. The Kier molecular flexibility index (Phi) is 7.65. The number of halogens is 4. The average Bonchev–Trinajstić information content (AvgIpc) is 2.29. The first kappa shape index (κ1) is 21.5. The number of rotatable bonds is 4. The van der Waals surface area contributed by atoms with Crippen LogP contribution >= 0.6 is 12.4 Å². The van der Waals surface area contributed by atoms with E-state index < -0.39 is 24.7 Å². The van der Waals surface area contributed by atoms with Crippen LogP contribution in [0.25, 0.3) is 0 Å². The Morgan fingerprint density at radius 2 is 1.95 bits per heavy atom. The largest absolute Gasteiger partial charge is 0.406 e. The zero-order chi connectivity index (χ0) is 16.4. The third-order valence-electron chi connectivity index (χ3n) is 4.04. The van der Waals surface area contributed by atoms with Gasteiger partial charge in [-0.3, -0.25) is 9.69 Å². The topological polar surface area (TPSA) is 49.6 Å². The van der Waals surface area contributed by atoms with Crippen LogP contribution in [0.3, 0.4) is 0 Å². The molecule has 1 aliphatic heterocycles. The molecular weight excluding hydrogens is 319 g/mol. The minimum atomic E-state index is -4.37. The zero-order valence-corrected chi connectivity index (χ0v) is 14.4. The second kappa shape index (κ2) is 7.84. The number of likely N-dealkylation sites (tertiary alicyclic amines) is 1. The molecule has 132 valence electrons. The molecule has 8 heteroatoms. The SMILES string of the molecule is CC(C)N(CC(F)(F)F)C(=O)CN1CCC(N)C(C)(C)C1.Cl. The summed E-state index contributed by atoms with van der Waals surface area (Å²) < 4.78 is 37.7. The fourth-order valence-corrected chi connectivity index (χ4v) is 2.65. The summed E-state index contributed by atoms with van der Waals surface area (Å²) in [6, 6.07) is -0.417. The summed E-state index contributed by atoms with van der Waals surface area (Å²) in [5.41, 5.74) is 5.89. The highest BCUT2D eigenvalue weighted by Crippen LogP contribution is 2.27. The molecule has 0 aromatic carbocycles. The summed E-state index contributed by atoms with van der Waals surface area (Å²) in [4.78, 5) is 15.0. The molecule has 1 fully saturated rings. The van der Waals surface area contributed by atoms with Gasteiger partial charge >= 0.3 is 6.18 Å². The van der Waals surface area contributed by atoms with Crippen molar-refractivity contribution in [1.82, 2.24) is 9.80 Å². The van der Waals surface area contributed by atoms with Gasteiger partial charge in [0.2, 0.25) is 5.91 Å². The van der Waals surface area contributed by atoms with Gasteiger partial charge in [-0.15, -0.1) is 12.4 Å². The third-order valence-corrected chi connectivity index (χ3v) is 4.04. The number of carbonyl (C=O) groups is 1. The molecule has 22 heavy (non-hydrogen) atoms. The standard InChI is InChI=1S/C14H26F3N3O.ClH/c1-10(2)20(9-14(15,16)17)12(21)7-19-6-5-11(18)13(3,4)8-19;/h10-11H,5-9,18H2,1-4H3;1H. The second-order valence-electron chi connectivity index (χ2n) is 6.82. The van der Waals surface area contributed by atoms with Crippen LogP contribution in [0.15, 0.2) is 0 Å². The van der Waals surface area contributed by atoms with Gasteiger partial charge in [0.05, 0.1) is 6.54 Å². The Balaban J connectivity index is 0.00000441. The Labute approximate surface area is 136 Å². The summed E-state index contributed by atoms with van der Waals surface area (Å²) >= 11 is 0. The van der Waals surface area contributed by atoms with Crippen LogP contribution in [-0.2, 0) is 4.79 Å².